The summed E-state index contributed by atoms with van der Waals surface area (Å²) in [6.07, 6.45) is 0. The molecule has 0 saturated heterocycles. The van der Waals surface area contributed by atoms with E-state index < -0.39 is 0 Å². The van der Waals surface area contributed by atoms with Crippen LogP contribution < -0.4 is 5.32 Å². The maximum absolute atomic E-state index is 13.0. The van der Waals surface area contributed by atoms with Gasteiger partial charge in [-0.25, -0.2) is 4.39 Å². The standard InChI is InChI=1S/C15H12BrClFNOS/c16-14-9-11(18)3-6-13(14)15(20)19-7-8-21-12-4-1-10(17)2-5-12/h1-6,9H,7-8H2,(H,19,20). The molecular formula is C15H12BrClFNOS. The summed E-state index contributed by atoms with van der Waals surface area (Å²) in [5.74, 6) is 0.141. The summed E-state index contributed by atoms with van der Waals surface area (Å²) < 4.78 is 13.4. The maximum Gasteiger partial charge on any atom is 0.252 e. The van der Waals surface area contributed by atoms with Crippen LogP contribution in [0, 0.1) is 5.82 Å². The van der Waals surface area contributed by atoms with Crippen molar-refractivity contribution in [3.63, 3.8) is 0 Å². The number of carbonyl (C=O) groups is 1. The van der Waals surface area contributed by atoms with Gasteiger partial charge in [0, 0.05) is 26.7 Å². The number of nitrogens with one attached hydrogen (secondary N) is 1. The van der Waals surface area contributed by atoms with E-state index >= 15 is 0 Å². The lowest BCUT2D eigenvalue weighted by Gasteiger charge is -2.07. The fourth-order valence-electron chi connectivity index (χ4n) is 1.63. The van der Waals surface area contributed by atoms with E-state index in [0.29, 0.717) is 21.6 Å². The zero-order valence-electron chi connectivity index (χ0n) is 10.9. The predicted molar refractivity (Wildman–Crippen MR) is 88.6 cm³/mol. The minimum absolute atomic E-state index is 0.224. The van der Waals surface area contributed by atoms with E-state index in [1.807, 2.05) is 24.3 Å². The molecule has 21 heavy (non-hydrogen) atoms. The van der Waals surface area contributed by atoms with E-state index in [1.165, 1.54) is 18.2 Å². The first kappa shape index (κ1) is 16.3. The molecular weight excluding hydrogens is 377 g/mol. The molecule has 0 aliphatic carbocycles. The second-order valence-corrected chi connectivity index (χ2v) is 6.64. The van der Waals surface area contributed by atoms with Crippen LogP contribution in [0.25, 0.3) is 0 Å². The Balaban J connectivity index is 1.80. The zero-order valence-corrected chi connectivity index (χ0v) is 14.1. The molecule has 110 valence electrons. The van der Waals surface area contributed by atoms with E-state index in [0.717, 1.165) is 10.6 Å². The molecule has 0 saturated carbocycles. The van der Waals surface area contributed by atoms with Gasteiger partial charge in [-0.2, -0.15) is 0 Å². The van der Waals surface area contributed by atoms with Crippen LogP contribution in [0.15, 0.2) is 51.8 Å². The first-order valence-corrected chi connectivity index (χ1v) is 8.33. The minimum Gasteiger partial charge on any atom is -0.351 e. The molecule has 0 aliphatic heterocycles. The van der Waals surface area contributed by atoms with Gasteiger partial charge < -0.3 is 5.32 Å². The highest BCUT2D eigenvalue weighted by molar-refractivity contribution is 9.10. The average molecular weight is 389 g/mol. The van der Waals surface area contributed by atoms with Crippen molar-refractivity contribution >= 4 is 45.2 Å². The molecule has 1 amide bonds. The van der Waals surface area contributed by atoms with E-state index in [-0.39, 0.29) is 11.7 Å². The van der Waals surface area contributed by atoms with Crippen molar-refractivity contribution in [3.8, 4) is 0 Å². The molecule has 0 unspecified atom stereocenters. The van der Waals surface area contributed by atoms with Gasteiger partial charge in [0.25, 0.3) is 5.91 Å². The molecule has 6 heteroatoms. The number of carbonyl (C=O) groups excluding carboxylic acids is 1. The van der Waals surface area contributed by atoms with Crippen LogP contribution in [0.1, 0.15) is 10.4 Å². The van der Waals surface area contributed by atoms with Crippen molar-refractivity contribution in [1.29, 1.82) is 0 Å². The van der Waals surface area contributed by atoms with Gasteiger partial charge >= 0.3 is 0 Å². The number of halogens is 3. The molecule has 2 aromatic carbocycles. The average Bonchev–Trinajstić information content (AvgIpc) is 2.45. The highest BCUT2D eigenvalue weighted by Crippen LogP contribution is 2.20. The molecule has 0 heterocycles. The Morgan fingerprint density at radius 2 is 1.95 bits per heavy atom. The van der Waals surface area contributed by atoms with Crippen LogP contribution in [0.4, 0.5) is 4.39 Å². The summed E-state index contributed by atoms with van der Waals surface area (Å²) in [6, 6.07) is 11.5. The van der Waals surface area contributed by atoms with Gasteiger partial charge in [0.2, 0.25) is 0 Å². The Morgan fingerprint density at radius 1 is 1.24 bits per heavy atom. The van der Waals surface area contributed by atoms with Crippen LogP contribution in [-0.4, -0.2) is 18.2 Å². The molecule has 2 rings (SSSR count). The Kier molecular flexibility index (Phi) is 6.08. The number of benzene rings is 2. The summed E-state index contributed by atoms with van der Waals surface area (Å²) in [6.45, 7) is 0.524. The maximum atomic E-state index is 13.0. The number of hydrogen-bond donors (Lipinski definition) is 1. The summed E-state index contributed by atoms with van der Waals surface area (Å²) in [4.78, 5) is 13.0. The molecule has 0 aromatic heterocycles. The number of hydrogen-bond acceptors (Lipinski definition) is 2. The molecule has 0 radical (unpaired) electrons. The van der Waals surface area contributed by atoms with Gasteiger partial charge in [0.05, 0.1) is 5.56 Å². The fourth-order valence-corrected chi connectivity index (χ4v) is 3.06. The molecule has 1 N–H and O–H groups in total. The van der Waals surface area contributed by atoms with Crippen molar-refractivity contribution in [2.75, 3.05) is 12.3 Å². The van der Waals surface area contributed by atoms with Crippen LogP contribution >= 0.6 is 39.3 Å². The van der Waals surface area contributed by atoms with Crippen LogP contribution in [0.3, 0.4) is 0 Å². The highest BCUT2D eigenvalue weighted by Gasteiger charge is 2.09. The molecule has 0 fully saturated rings. The first-order chi connectivity index (χ1) is 10.1. The van der Waals surface area contributed by atoms with Crippen LogP contribution in [0.5, 0.6) is 0 Å². The summed E-state index contributed by atoms with van der Waals surface area (Å²) in [5, 5.41) is 3.51. The minimum atomic E-state index is -0.378. The molecule has 2 aromatic rings. The van der Waals surface area contributed by atoms with Crippen molar-refractivity contribution in [2.24, 2.45) is 0 Å². The van der Waals surface area contributed by atoms with Gasteiger partial charge in [-0.05, 0) is 58.4 Å². The zero-order chi connectivity index (χ0) is 15.2. The molecule has 0 spiro atoms. The van der Waals surface area contributed by atoms with Gasteiger partial charge in [-0.3, -0.25) is 4.79 Å². The highest BCUT2D eigenvalue weighted by atomic mass is 79.9. The molecule has 0 bridgehead atoms. The first-order valence-electron chi connectivity index (χ1n) is 6.18. The smallest absolute Gasteiger partial charge is 0.252 e. The lowest BCUT2D eigenvalue weighted by molar-refractivity contribution is 0.0955. The topological polar surface area (TPSA) is 29.1 Å². The van der Waals surface area contributed by atoms with Crippen molar-refractivity contribution in [3.05, 3.63) is 63.3 Å². The van der Waals surface area contributed by atoms with Crippen LogP contribution in [-0.2, 0) is 0 Å². The lowest BCUT2D eigenvalue weighted by atomic mass is 10.2. The Labute approximate surface area is 140 Å². The van der Waals surface area contributed by atoms with Gasteiger partial charge in [0.1, 0.15) is 5.82 Å². The largest absolute Gasteiger partial charge is 0.351 e. The molecule has 0 aliphatic rings. The number of amides is 1. The summed E-state index contributed by atoms with van der Waals surface area (Å²) in [7, 11) is 0. The number of thioether (sulfide) groups is 1. The van der Waals surface area contributed by atoms with Crippen molar-refractivity contribution in [2.45, 2.75) is 4.90 Å². The van der Waals surface area contributed by atoms with Crippen molar-refractivity contribution in [1.82, 2.24) is 5.32 Å². The SMILES string of the molecule is O=C(NCCSc1ccc(Cl)cc1)c1ccc(F)cc1Br. The number of rotatable bonds is 5. The van der Waals surface area contributed by atoms with E-state index in [1.54, 1.807) is 11.8 Å². The quantitative estimate of drug-likeness (QED) is 0.591. The summed E-state index contributed by atoms with van der Waals surface area (Å²) in [5.41, 5.74) is 0.424. The second kappa shape index (κ2) is 7.82. The van der Waals surface area contributed by atoms with Crippen molar-refractivity contribution < 1.29 is 9.18 Å². The Hall–Kier alpha value is -1.04. The third-order valence-corrected chi connectivity index (χ3v) is 4.57. The molecule has 2 nitrogen and oxygen atoms in total. The van der Waals surface area contributed by atoms with Gasteiger partial charge in [-0.15, -0.1) is 11.8 Å². The predicted octanol–water partition coefficient (Wildman–Crippen LogP) is 4.76. The van der Waals surface area contributed by atoms with E-state index in [2.05, 4.69) is 21.2 Å². The van der Waals surface area contributed by atoms with Gasteiger partial charge in [0.15, 0.2) is 0 Å². The van der Waals surface area contributed by atoms with Crippen LogP contribution in [0.2, 0.25) is 5.02 Å². The Bertz CT molecular complexity index is 636. The fraction of sp³-hybridized carbons (Fsp3) is 0.133. The Morgan fingerprint density at radius 3 is 2.62 bits per heavy atom. The lowest BCUT2D eigenvalue weighted by Crippen LogP contribution is -2.26. The van der Waals surface area contributed by atoms with E-state index in [9.17, 15) is 9.18 Å². The molecule has 0 atom stereocenters. The van der Waals surface area contributed by atoms with E-state index in [4.69, 9.17) is 11.6 Å². The van der Waals surface area contributed by atoms with Gasteiger partial charge in [-0.1, -0.05) is 11.6 Å². The summed E-state index contributed by atoms with van der Waals surface area (Å²) >= 11 is 10.6. The third kappa shape index (κ3) is 5.02. The second-order valence-electron chi connectivity index (χ2n) is 4.18. The monoisotopic (exact) mass is 387 g/mol. The third-order valence-electron chi connectivity index (χ3n) is 2.65. The normalized spacial score (nSPS) is 10.4.